The molecule has 0 unspecified atom stereocenters. The van der Waals surface area contributed by atoms with Gasteiger partial charge in [0, 0.05) is 23.0 Å². The molecular weight excluding hydrogens is 351 g/mol. The van der Waals surface area contributed by atoms with E-state index in [0.717, 1.165) is 22.4 Å². The van der Waals surface area contributed by atoms with E-state index >= 15 is 0 Å². The van der Waals surface area contributed by atoms with Gasteiger partial charge in [-0.1, -0.05) is 48.5 Å². The smallest absolute Gasteiger partial charge is 0.198 e. The fraction of sp³-hybridized carbons (Fsp3) is 0. The second-order valence-electron chi connectivity index (χ2n) is 6.37. The predicted molar refractivity (Wildman–Crippen MR) is 109 cm³/mol. The summed E-state index contributed by atoms with van der Waals surface area (Å²) in [4.78, 5) is 17.3. The van der Waals surface area contributed by atoms with E-state index in [2.05, 4.69) is 4.98 Å². The van der Waals surface area contributed by atoms with Crippen LogP contribution >= 0.6 is 0 Å². The van der Waals surface area contributed by atoms with Crippen molar-refractivity contribution in [3.8, 4) is 22.4 Å². The maximum absolute atomic E-state index is 14.1. The predicted octanol–water partition coefficient (Wildman–Crippen LogP) is 5.37. The first-order chi connectivity index (χ1) is 13.6. The molecule has 0 amide bonds. The van der Waals surface area contributed by atoms with E-state index in [4.69, 9.17) is 5.73 Å². The highest BCUT2D eigenvalue weighted by Gasteiger charge is 2.18. The molecule has 136 valence electrons. The summed E-state index contributed by atoms with van der Waals surface area (Å²) in [6.45, 7) is 0. The molecule has 0 aliphatic rings. The van der Waals surface area contributed by atoms with E-state index in [-0.39, 0.29) is 11.1 Å². The zero-order valence-corrected chi connectivity index (χ0v) is 15.0. The Morgan fingerprint density at radius 3 is 2.25 bits per heavy atom. The number of anilines is 1. The molecular formula is C24H17FN2O. The van der Waals surface area contributed by atoms with Crippen LogP contribution in [0.15, 0.2) is 91.1 Å². The van der Waals surface area contributed by atoms with Gasteiger partial charge in [-0.15, -0.1) is 0 Å². The first-order valence-electron chi connectivity index (χ1n) is 8.84. The molecule has 0 fully saturated rings. The average Bonchev–Trinajstić information content (AvgIpc) is 2.75. The maximum Gasteiger partial charge on any atom is 0.198 e. The Morgan fingerprint density at radius 2 is 1.50 bits per heavy atom. The van der Waals surface area contributed by atoms with Crippen LogP contribution in [-0.2, 0) is 0 Å². The Balaban J connectivity index is 1.83. The van der Waals surface area contributed by atoms with Crippen LogP contribution in [0, 0.1) is 5.82 Å². The number of hydrogen-bond donors (Lipinski definition) is 1. The third kappa shape index (κ3) is 3.28. The molecule has 0 radical (unpaired) electrons. The van der Waals surface area contributed by atoms with E-state index in [1.807, 2.05) is 48.5 Å². The second kappa shape index (κ2) is 7.45. The molecule has 1 aromatic heterocycles. The molecule has 0 spiro atoms. The molecule has 1 heterocycles. The van der Waals surface area contributed by atoms with Crippen LogP contribution in [0.5, 0.6) is 0 Å². The van der Waals surface area contributed by atoms with Crippen molar-refractivity contribution in [3.63, 3.8) is 0 Å². The molecule has 0 aliphatic carbocycles. The number of carbonyl (C=O) groups is 1. The van der Waals surface area contributed by atoms with E-state index in [0.29, 0.717) is 5.69 Å². The molecule has 0 aliphatic heterocycles. The van der Waals surface area contributed by atoms with Crippen LogP contribution in [0.4, 0.5) is 10.1 Å². The minimum atomic E-state index is -0.564. The van der Waals surface area contributed by atoms with Crippen LogP contribution in [-0.4, -0.2) is 10.8 Å². The summed E-state index contributed by atoms with van der Waals surface area (Å²) < 4.78 is 14.1. The minimum absolute atomic E-state index is 0.00404. The average molecular weight is 368 g/mol. The van der Waals surface area contributed by atoms with E-state index in [1.165, 1.54) is 12.1 Å². The Morgan fingerprint density at radius 1 is 0.786 bits per heavy atom. The van der Waals surface area contributed by atoms with Crippen molar-refractivity contribution < 1.29 is 9.18 Å². The van der Waals surface area contributed by atoms with Gasteiger partial charge in [-0.3, -0.25) is 9.78 Å². The Bertz CT molecular complexity index is 1160. The summed E-state index contributed by atoms with van der Waals surface area (Å²) in [5.41, 5.74) is 10.1. The van der Waals surface area contributed by atoms with Crippen molar-refractivity contribution in [2.24, 2.45) is 0 Å². The standard InChI is InChI=1S/C24H17FN2O/c25-21-10-4-3-9-19(21)24(28)20-15-16(12-13-22(20)26)17-7-1-2-8-18(17)23-11-5-6-14-27-23/h1-15H,26H2. The zero-order valence-electron chi connectivity index (χ0n) is 15.0. The van der Waals surface area contributed by atoms with E-state index in [9.17, 15) is 9.18 Å². The fourth-order valence-electron chi connectivity index (χ4n) is 3.19. The summed E-state index contributed by atoms with van der Waals surface area (Å²) in [7, 11) is 0. The van der Waals surface area contributed by atoms with Gasteiger partial charge in [0.1, 0.15) is 5.82 Å². The van der Waals surface area contributed by atoms with Gasteiger partial charge in [-0.25, -0.2) is 4.39 Å². The van der Waals surface area contributed by atoms with Gasteiger partial charge in [0.05, 0.1) is 11.3 Å². The Kier molecular flexibility index (Phi) is 4.68. The van der Waals surface area contributed by atoms with Crippen molar-refractivity contribution in [1.82, 2.24) is 4.98 Å². The number of rotatable bonds is 4. The topological polar surface area (TPSA) is 56.0 Å². The van der Waals surface area contributed by atoms with Crippen LogP contribution in [0.1, 0.15) is 15.9 Å². The molecule has 3 nitrogen and oxygen atoms in total. The largest absolute Gasteiger partial charge is 0.398 e. The number of aromatic nitrogens is 1. The molecule has 4 aromatic rings. The van der Waals surface area contributed by atoms with Gasteiger partial charge in [0.15, 0.2) is 5.78 Å². The van der Waals surface area contributed by atoms with Gasteiger partial charge in [-0.05, 0) is 47.5 Å². The second-order valence-corrected chi connectivity index (χ2v) is 6.37. The monoisotopic (exact) mass is 368 g/mol. The first kappa shape index (κ1) is 17.6. The SMILES string of the molecule is Nc1ccc(-c2ccccc2-c2ccccn2)cc1C(=O)c1ccccc1F. The number of pyridine rings is 1. The number of nitrogen functional groups attached to an aromatic ring is 1. The van der Waals surface area contributed by atoms with Crippen molar-refractivity contribution >= 4 is 11.5 Å². The van der Waals surface area contributed by atoms with Crippen molar-refractivity contribution in [3.05, 3.63) is 108 Å². The highest BCUT2D eigenvalue weighted by molar-refractivity contribution is 6.13. The van der Waals surface area contributed by atoms with Crippen LogP contribution < -0.4 is 5.73 Å². The molecule has 0 bridgehead atoms. The van der Waals surface area contributed by atoms with Crippen LogP contribution in [0.25, 0.3) is 22.4 Å². The summed E-state index contributed by atoms with van der Waals surface area (Å²) in [6, 6.07) is 24.7. The molecule has 0 saturated heterocycles. The van der Waals surface area contributed by atoms with Gasteiger partial charge in [0.2, 0.25) is 0 Å². The van der Waals surface area contributed by atoms with Gasteiger partial charge >= 0.3 is 0 Å². The van der Waals surface area contributed by atoms with Crippen molar-refractivity contribution in [2.75, 3.05) is 5.73 Å². The zero-order chi connectivity index (χ0) is 19.5. The first-order valence-corrected chi connectivity index (χ1v) is 8.84. The maximum atomic E-state index is 14.1. The third-order valence-corrected chi connectivity index (χ3v) is 4.60. The van der Waals surface area contributed by atoms with Gasteiger partial charge < -0.3 is 5.73 Å². The summed E-state index contributed by atoms with van der Waals surface area (Å²) in [5.74, 6) is -1.00. The summed E-state index contributed by atoms with van der Waals surface area (Å²) in [5, 5.41) is 0. The van der Waals surface area contributed by atoms with Crippen LogP contribution in [0.3, 0.4) is 0 Å². The number of nitrogens with two attached hydrogens (primary N) is 1. The number of hydrogen-bond acceptors (Lipinski definition) is 3. The number of carbonyl (C=O) groups excluding carboxylic acids is 1. The Labute approximate surface area is 162 Å². The lowest BCUT2D eigenvalue weighted by Gasteiger charge is -2.12. The van der Waals surface area contributed by atoms with Gasteiger partial charge in [0.25, 0.3) is 0 Å². The summed E-state index contributed by atoms with van der Waals surface area (Å²) in [6.07, 6.45) is 1.74. The molecule has 4 rings (SSSR count). The lowest BCUT2D eigenvalue weighted by Crippen LogP contribution is -2.07. The number of nitrogens with zero attached hydrogens (tertiary/aromatic N) is 1. The number of benzene rings is 3. The molecule has 0 atom stereocenters. The summed E-state index contributed by atoms with van der Waals surface area (Å²) >= 11 is 0. The molecule has 2 N–H and O–H groups in total. The van der Waals surface area contributed by atoms with Gasteiger partial charge in [-0.2, -0.15) is 0 Å². The van der Waals surface area contributed by atoms with Crippen LogP contribution in [0.2, 0.25) is 0 Å². The third-order valence-electron chi connectivity index (χ3n) is 4.60. The molecule has 28 heavy (non-hydrogen) atoms. The normalized spacial score (nSPS) is 10.6. The van der Waals surface area contributed by atoms with Crippen molar-refractivity contribution in [1.29, 1.82) is 0 Å². The quantitative estimate of drug-likeness (QED) is 0.389. The minimum Gasteiger partial charge on any atom is -0.398 e. The van der Waals surface area contributed by atoms with E-state index < -0.39 is 11.6 Å². The molecule has 0 saturated carbocycles. The molecule has 3 aromatic carbocycles. The lowest BCUT2D eigenvalue weighted by molar-refractivity contribution is 0.103. The lowest BCUT2D eigenvalue weighted by atomic mass is 9.93. The van der Waals surface area contributed by atoms with Crippen molar-refractivity contribution in [2.45, 2.75) is 0 Å². The number of ketones is 1. The molecule has 4 heteroatoms. The van der Waals surface area contributed by atoms with E-state index in [1.54, 1.807) is 30.5 Å². The highest BCUT2D eigenvalue weighted by atomic mass is 19.1. The fourth-order valence-corrected chi connectivity index (χ4v) is 3.19. The Hall–Kier alpha value is -3.79. The highest BCUT2D eigenvalue weighted by Crippen LogP contribution is 2.33. The number of halogens is 1.